The number of carboxylic acid groups (broad SMARTS) is 1. The van der Waals surface area contributed by atoms with Crippen LogP contribution in [0, 0.1) is 0 Å². The first-order valence-corrected chi connectivity index (χ1v) is 5.33. The highest BCUT2D eigenvalue weighted by Gasteiger charge is 2.21. The Morgan fingerprint density at radius 3 is 2.41 bits per heavy atom. The van der Waals surface area contributed by atoms with Crippen LogP contribution in [0.4, 0.5) is 0 Å². The van der Waals surface area contributed by atoms with Crippen LogP contribution < -0.4 is 11.1 Å². The van der Waals surface area contributed by atoms with Crippen molar-refractivity contribution < 1.29 is 14.7 Å². The Kier molecular flexibility index (Phi) is 4.66. The fourth-order valence-corrected chi connectivity index (χ4v) is 1.35. The molecular formula is C12H16N2O3. The number of nitrogens with one attached hydrogen (secondary N) is 1. The lowest BCUT2D eigenvalue weighted by molar-refractivity contribution is -0.141. The summed E-state index contributed by atoms with van der Waals surface area (Å²) in [5, 5.41) is 11.4. The second-order valence-corrected chi connectivity index (χ2v) is 3.88. The number of carbonyl (C=O) groups is 2. The first-order chi connectivity index (χ1) is 8.00. The summed E-state index contributed by atoms with van der Waals surface area (Å²) in [6.45, 7) is 1.51. The standard InChI is InChI=1S/C12H16N2O3/c1-8(13)11(15)14-10(12(16)17)7-9-5-3-2-4-6-9/h2-6,8,10H,7,13H2,1H3,(H,14,15)(H,16,17)/t8-,10?/m0/s1. The van der Waals surface area contributed by atoms with Crippen LogP contribution in [-0.2, 0) is 16.0 Å². The van der Waals surface area contributed by atoms with Gasteiger partial charge < -0.3 is 16.2 Å². The molecule has 0 aliphatic rings. The maximum Gasteiger partial charge on any atom is 0.326 e. The Labute approximate surface area is 99.6 Å². The van der Waals surface area contributed by atoms with Crippen LogP contribution in [0.3, 0.4) is 0 Å². The molecule has 1 unspecified atom stereocenters. The number of hydrogen-bond donors (Lipinski definition) is 3. The number of hydrogen-bond acceptors (Lipinski definition) is 3. The number of amides is 1. The summed E-state index contributed by atoms with van der Waals surface area (Å²) in [5.41, 5.74) is 6.22. The van der Waals surface area contributed by atoms with Gasteiger partial charge in [0.05, 0.1) is 6.04 Å². The van der Waals surface area contributed by atoms with Gasteiger partial charge in [-0.3, -0.25) is 4.79 Å². The number of carbonyl (C=O) groups excluding carboxylic acids is 1. The summed E-state index contributed by atoms with van der Waals surface area (Å²) in [6.07, 6.45) is 0.245. The fraction of sp³-hybridized carbons (Fsp3) is 0.333. The maximum absolute atomic E-state index is 11.3. The molecule has 17 heavy (non-hydrogen) atoms. The van der Waals surface area contributed by atoms with Crippen LogP contribution in [0.1, 0.15) is 12.5 Å². The zero-order valence-corrected chi connectivity index (χ0v) is 9.59. The maximum atomic E-state index is 11.3. The lowest BCUT2D eigenvalue weighted by Crippen LogP contribution is -2.48. The molecule has 1 amide bonds. The highest BCUT2D eigenvalue weighted by molar-refractivity contribution is 5.86. The van der Waals surface area contributed by atoms with Gasteiger partial charge in [-0.2, -0.15) is 0 Å². The molecule has 0 heterocycles. The molecule has 5 nitrogen and oxygen atoms in total. The van der Waals surface area contributed by atoms with Crippen molar-refractivity contribution >= 4 is 11.9 Å². The molecule has 92 valence electrons. The Bertz CT molecular complexity index is 390. The normalized spacial score (nSPS) is 13.8. The first kappa shape index (κ1) is 13.2. The number of carboxylic acids is 1. The molecule has 0 aliphatic heterocycles. The molecule has 1 aromatic carbocycles. The van der Waals surface area contributed by atoms with E-state index in [0.29, 0.717) is 0 Å². The van der Waals surface area contributed by atoms with Crippen molar-refractivity contribution in [1.29, 1.82) is 0 Å². The second kappa shape index (κ2) is 6.00. The Morgan fingerprint density at radius 2 is 1.94 bits per heavy atom. The van der Waals surface area contributed by atoms with Crippen molar-refractivity contribution in [3.8, 4) is 0 Å². The molecular weight excluding hydrogens is 220 g/mol. The molecule has 0 aliphatic carbocycles. The number of rotatable bonds is 5. The molecule has 0 fully saturated rings. The zero-order chi connectivity index (χ0) is 12.8. The van der Waals surface area contributed by atoms with Crippen LogP contribution in [0.2, 0.25) is 0 Å². The predicted octanol–water partition coefficient (Wildman–Crippen LogP) is 0.146. The molecule has 0 aromatic heterocycles. The van der Waals surface area contributed by atoms with E-state index in [1.165, 1.54) is 6.92 Å². The van der Waals surface area contributed by atoms with Gasteiger partial charge >= 0.3 is 5.97 Å². The summed E-state index contributed by atoms with van der Waals surface area (Å²) < 4.78 is 0. The Morgan fingerprint density at radius 1 is 1.35 bits per heavy atom. The van der Waals surface area contributed by atoms with E-state index in [0.717, 1.165) is 5.56 Å². The third-order valence-corrected chi connectivity index (χ3v) is 2.31. The van der Waals surface area contributed by atoms with E-state index in [1.54, 1.807) is 0 Å². The smallest absolute Gasteiger partial charge is 0.326 e. The van der Waals surface area contributed by atoms with E-state index in [1.807, 2.05) is 30.3 Å². The van der Waals surface area contributed by atoms with Crippen molar-refractivity contribution in [2.24, 2.45) is 5.73 Å². The Balaban J connectivity index is 2.68. The van der Waals surface area contributed by atoms with Crippen LogP contribution in [0.25, 0.3) is 0 Å². The van der Waals surface area contributed by atoms with Gasteiger partial charge in [-0.25, -0.2) is 4.79 Å². The average Bonchev–Trinajstić information content (AvgIpc) is 2.29. The van der Waals surface area contributed by atoms with Gasteiger partial charge in [-0.05, 0) is 12.5 Å². The van der Waals surface area contributed by atoms with Crippen molar-refractivity contribution in [2.75, 3.05) is 0 Å². The highest BCUT2D eigenvalue weighted by Crippen LogP contribution is 2.03. The summed E-state index contributed by atoms with van der Waals surface area (Å²) in [7, 11) is 0. The molecule has 1 rings (SSSR count). The largest absolute Gasteiger partial charge is 0.480 e. The van der Waals surface area contributed by atoms with E-state index in [-0.39, 0.29) is 6.42 Å². The molecule has 0 radical (unpaired) electrons. The fourth-order valence-electron chi connectivity index (χ4n) is 1.35. The summed E-state index contributed by atoms with van der Waals surface area (Å²) in [4.78, 5) is 22.4. The van der Waals surface area contributed by atoms with Crippen molar-refractivity contribution in [1.82, 2.24) is 5.32 Å². The van der Waals surface area contributed by atoms with Gasteiger partial charge in [0.25, 0.3) is 0 Å². The average molecular weight is 236 g/mol. The molecule has 2 atom stereocenters. The lowest BCUT2D eigenvalue weighted by Gasteiger charge is -2.16. The van der Waals surface area contributed by atoms with Gasteiger partial charge in [-0.15, -0.1) is 0 Å². The van der Waals surface area contributed by atoms with Crippen LogP contribution in [0.15, 0.2) is 30.3 Å². The SMILES string of the molecule is C[C@H](N)C(=O)NC(Cc1ccccc1)C(=O)O. The number of nitrogens with two attached hydrogens (primary N) is 1. The Hall–Kier alpha value is -1.88. The van der Waals surface area contributed by atoms with E-state index in [4.69, 9.17) is 10.8 Å². The highest BCUT2D eigenvalue weighted by atomic mass is 16.4. The molecule has 1 aromatic rings. The van der Waals surface area contributed by atoms with Crippen LogP contribution in [0.5, 0.6) is 0 Å². The molecule has 0 saturated carbocycles. The third-order valence-electron chi connectivity index (χ3n) is 2.31. The summed E-state index contributed by atoms with van der Waals surface area (Å²) in [6, 6.07) is 7.45. The molecule has 0 spiro atoms. The summed E-state index contributed by atoms with van der Waals surface area (Å²) >= 11 is 0. The minimum Gasteiger partial charge on any atom is -0.480 e. The van der Waals surface area contributed by atoms with Crippen LogP contribution in [-0.4, -0.2) is 29.1 Å². The minimum atomic E-state index is -1.07. The van der Waals surface area contributed by atoms with Gasteiger partial charge in [0.1, 0.15) is 6.04 Å². The topological polar surface area (TPSA) is 92.4 Å². The quantitative estimate of drug-likeness (QED) is 0.678. The lowest BCUT2D eigenvalue weighted by atomic mass is 10.1. The first-order valence-electron chi connectivity index (χ1n) is 5.33. The van der Waals surface area contributed by atoms with Gasteiger partial charge in [0, 0.05) is 6.42 Å². The predicted molar refractivity (Wildman–Crippen MR) is 63.4 cm³/mol. The van der Waals surface area contributed by atoms with E-state index in [9.17, 15) is 9.59 Å². The number of benzene rings is 1. The molecule has 0 bridgehead atoms. The van der Waals surface area contributed by atoms with Crippen molar-refractivity contribution in [3.63, 3.8) is 0 Å². The minimum absolute atomic E-state index is 0.245. The summed E-state index contributed by atoms with van der Waals surface area (Å²) in [5.74, 6) is -1.53. The van der Waals surface area contributed by atoms with E-state index >= 15 is 0 Å². The van der Waals surface area contributed by atoms with Gasteiger partial charge in [0.15, 0.2) is 0 Å². The second-order valence-electron chi connectivity index (χ2n) is 3.88. The van der Waals surface area contributed by atoms with Crippen molar-refractivity contribution in [3.05, 3.63) is 35.9 Å². The van der Waals surface area contributed by atoms with Gasteiger partial charge in [0.2, 0.25) is 5.91 Å². The van der Waals surface area contributed by atoms with Crippen LogP contribution >= 0.6 is 0 Å². The van der Waals surface area contributed by atoms with E-state index in [2.05, 4.69) is 5.32 Å². The number of aliphatic carboxylic acids is 1. The van der Waals surface area contributed by atoms with Gasteiger partial charge in [-0.1, -0.05) is 30.3 Å². The zero-order valence-electron chi connectivity index (χ0n) is 9.59. The third kappa shape index (κ3) is 4.24. The van der Waals surface area contributed by atoms with Crippen molar-refractivity contribution in [2.45, 2.75) is 25.4 Å². The molecule has 4 N–H and O–H groups in total. The monoisotopic (exact) mass is 236 g/mol. The molecule has 0 saturated heterocycles. The molecule has 5 heteroatoms. The van der Waals surface area contributed by atoms with E-state index < -0.39 is 24.0 Å².